The lowest BCUT2D eigenvalue weighted by Crippen LogP contribution is -2.64. The lowest BCUT2D eigenvalue weighted by Gasteiger charge is -2.47. The van der Waals surface area contributed by atoms with Crippen LogP contribution in [0, 0.1) is 0 Å². The SMILES string of the molecule is COc1ccccc1CN1C(=O)c2cc3ccccc3n2CC1(C(=O)NC1CCCCC1)c1ccccc1. The molecule has 1 aliphatic carbocycles. The zero-order valence-corrected chi connectivity index (χ0v) is 21.7. The highest BCUT2D eigenvalue weighted by Gasteiger charge is 2.53. The minimum Gasteiger partial charge on any atom is -0.496 e. The number of ether oxygens (including phenoxy) is 1. The Hall–Kier alpha value is -4.06. The van der Waals surface area contributed by atoms with Crippen molar-refractivity contribution in [2.24, 2.45) is 0 Å². The van der Waals surface area contributed by atoms with E-state index in [0.29, 0.717) is 18.0 Å². The van der Waals surface area contributed by atoms with E-state index in [1.54, 1.807) is 12.0 Å². The van der Waals surface area contributed by atoms with Gasteiger partial charge in [-0.15, -0.1) is 0 Å². The number of hydrogen-bond acceptors (Lipinski definition) is 3. The minimum absolute atomic E-state index is 0.114. The molecule has 3 aromatic carbocycles. The summed E-state index contributed by atoms with van der Waals surface area (Å²) >= 11 is 0. The van der Waals surface area contributed by atoms with Crippen LogP contribution < -0.4 is 10.1 Å². The molecule has 6 nitrogen and oxygen atoms in total. The lowest BCUT2D eigenvalue weighted by atomic mass is 9.83. The van der Waals surface area contributed by atoms with Gasteiger partial charge in [0.2, 0.25) is 0 Å². The van der Waals surface area contributed by atoms with Gasteiger partial charge in [0.15, 0.2) is 5.54 Å². The predicted octanol–water partition coefficient (Wildman–Crippen LogP) is 5.65. The number of carbonyl (C=O) groups is 2. The number of benzene rings is 3. The van der Waals surface area contributed by atoms with E-state index in [4.69, 9.17) is 4.74 Å². The fourth-order valence-corrected chi connectivity index (χ4v) is 6.23. The number of carbonyl (C=O) groups excluding carboxylic acids is 2. The molecule has 38 heavy (non-hydrogen) atoms. The first-order valence-corrected chi connectivity index (χ1v) is 13.5. The second kappa shape index (κ2) is 10.0. The fourth-order valence-electron chi connectivity index (χ4n) is 6.23. The highest BCUT2D eigenvalue weighted by atomic mass is 16.5. The number of nitrogens with one attached hydrogen (secondary N) is 1. The summed E-state index contributed by atoms with van der Waals surface area (Å²) in [5, 5.41) is 4.38. The zero-order valence-electron chi connectivity index (χ0n) is 21.7. The van der Waals surface area contributed by atoms with Crippen LogP contribution in [0.25, 0.3) is 10.9 Å². The first-order chi connectivity index (χ1) is 18.6. The van der Waals surface area contributed by atoms with Gasteiger partial charge in [0.1, 0.15) is 11.4 Å². The van der Waals surface area contributed by atoms with Crippen LogP contribution in [-0.2, 0) is 23.4 Å². The number of aromatic nitrogens is 1. The molecule has 0 spiro atoms. The largest absolute Gasteiger partial charge is 0.496 e. The molecular weight excluding hydrogens is 474 g/mol. The zero-order chi connectivity index (χ0) is 26.1. The summed E-state index contributed by atoms with van der Waals surface area (Å²) in [6.07, 6.45) is 5.36. The highest BCUT2D eigenvalue weighted by Crippen LogP contribution is 2.41. The van der Waals surface area contributed by atoms with Crippen LogP contribution >= 0.6 is 0 Å². The molecule has 1 fully saturated rings. The van der Waals surface area contributed by atoms with Crippen LogP contribution in [0.4, 0.5) is 0 Å². The number of amides is 2. The number of nitrogens with zero attached hydrogens (tertiary/aromatic N) is 2. The molecule has 1 aliphatic heterocycles. The Kier molecular flexibility index (Phi) is 6.40. The van der Waals surface area contributed by atoms with E-state index in [1.165, 1.54) is 6.42 Å². The maximum absolute atomic E-state index is 14.6. The van der Waals surface area contributed by atoms with Gasteiger partial charge in [-0.05, 0) is 36.6 Å². The number of rotatable bonds is 6. The van der Waals surface area contributed by atoms with Crippen molar-refractivity contribution in [3.63, 3.8) is 0 Å². The average Bonchev–Trinajstić information content (AvgIpc) is 3.34. The summed E-state index contributed by atoms with van der Waals surface area (Å²) in [7, 11) is 1.63. The van der Waals surface area contributed by atoms with Gasteiger partial charge in [-0.2, -0.15) is 0 Å². The second-order valence-corrected chi connectivity index (χ2v) is 10.4. The molecular formula is C32H33N3O3. The predicted molar refractivity (Wildman–Crippen MR) is 148 cm³/mol. The first kappa shape index (κ1) is 24.3. The first-order valence-electron chi connectivity index (χ1n) is 13.5. The third-order valence-corrected chi connectivity index (χ3v) is 8.21. The van der Waals surface area contributed by atoms with Crippen LogP contribution in [0.1, 0.15) is 53.7 Å². The summed E-state index contributed by atoms with van der Waals surface area (Å²) in [6, 6.07) is 27.6. The van der Waals surface area contributed by atoms with Crippen molar-refractivity contribution in [3.8, 4) is 5.75 Å². The molecule has 1 unspecified atom stereocenters. The Morgan fingerprint density at radius 2 is 1.66 bits per heavy atom. The van der Waals surface area contributed by atoms with E-state index in [9.17, 15) is 9.59 Å². The maximum Gasteiger partial charge on any atom is 0.272 e. The summed E-state index contributed by atoms with van der Waals surface area (Å²) in [4.78, 5) is 30.8. The molecule has 1 saturated carbocycles. The molecule has 0 bridgehead atoms. The summed E-state index contributed by atoms with van der Waals surface area (Å²) in [6.45, 7) is 0.580. The van der Waals surface area contributed by atoms with Crippen LogP contribution in [0.3, 0.4) is 0 Å². The monoisotopic (exact) mass is 507 g/mol. The molecule has 1 N–H and O–H groups in total. The van der Waals surface area contributed by atoms with Gasteiger partial charge in [-0.3, -0.25) is 9.59 Å². The van der Waals surface area contributed by atoms with Gasteiger partial charge >= 0.3 is 0 Å². The lowest BCUT2D eigenvalue weighted by molar-refractivity contribution is -0.136. The van der Waals surface area contributed by atoms with Crippen LogP contribution in [-0.4, -0.2) is 34.4 Å². The fraction of sp³-hybridized carbons (Fsp3) is 0.312. The molecule has 4 aromatic rings. The molecule has 0 radical (unpaired) electrons. The summed E-state index contributed by atoms with van der Waals surface area (Å²) in [5.74, 6) is 0.407. The van der Waals surface area contributed by atoms with Gasteiger partial charge in [0, 0.05) is 22.5 Å². The molecule has 194 valence electrons. The van der Waals surface area contributed by atoms with E-state index in [2.05, 4.69) is 5.32 Å². The molecule has 0 saturated heterocycles. The molecule has 2 amide bonds. The van der Waals surface area contributed by atoms with E-state index in [1.807, 2.05) is 89.5 Å². The van der Waals surface area contributed by atoms with Crippen LogP contribution in [0.5, 0.6) is 5.75 Å². The van der Waals surface area contributed by atoms with Gasteiger partial charge in [0.05, 0.1) is 20.2 Å². The molecule has 6 rings (SSSR count). The van der Waals surface area contributed by atoms with E-state index in [0.717, 1.165) is 47.7 Å². The molecule has 2 heterocycles. The summed E-state index contributed by atoms with van der Waals surface area (Å²) < 4.78 is 7.68. The Morgan fingerprint density at radius 1 is 0.947 bits per heavy atom. The number of hydrogen-bond donors (Lipinski definition) is 1. The third-order valence-electron chi connectivity index (χ3n) is 8.21. The van der Waals surface area contributed by atoms with Gasteiger partial charge in [-0.25, -0.2) is 0 Å². The molecule has 1 atom stereocenters. The normalized spacial score (nSPS) is 19.8. The van der Waals surface area contributed by atoms with E-state index in [-0.39, 0.29) is 24.4 Å². The average molecular weight is 508 g/mol. The van der Waals surface area contributed by atoms with Gasteiger partial charge in [0.25, 0.3) is 11.8 Å². The van der Waals surface area contributed by atoms with Crippen molar-refractivity contribution in [2.75, 3.05) is 7.11 Å². The molecule has 1 aromatic heterocycles. The van der Waals surface area contributed by atoms with Crippen LogP contribution in [0.15, 0.2) is 84.9 Å². The van der Waals surface area contributed by atoms with Crippen molar-refractivity contribution in [1.82, 2.24) is 14.8 Å². The topological polar surface area (TPSA) is 63.6 Å². The number of methoxy groups -OCH3 is 1. The second-order valence-electron chi connectivity index (χ2n) is 10.4. The Morgan fingerprint density at radius 3 is 2.45 bits per heavy atom. The van der Waals surface area contributed by atoms with Gasteiger partial charge < -0.3 is 19.5 Å². The Labute approximate surface area is 223 Å². The van der Waals surface area contributed by atoms with Gasteiger partial charge in [-0.1, -0.05) is 86.0 Å². The van der Waals surface area contributed by atoms with Crippen molar-refractivity contribution in [1.29, 1.82) is 0 Å². The number of para-hydroxylation sites is 2. The van der Waals surface area contributed by atoms with Crippen molar-refractivity contribution in [3.05, 3.63) is 102 Å². The molecule has 2 aliphatic rings. The minimum atomic E-state index is -1.23. The quantitative estimate of drug-likeness (QED) is 0.367. The molecule has 6 heteroatoms. The maximum atomic E-state index is 14.6. The van der Waals surface area contributed by atoms with Crippen molar-refractivity contribution < 1.29 is 14.3 Å². The van der Waals surface area contributed by atoms with E-state index < -0.39 is 5.54 Å². The number of fused-ring (bicyclic) bond motifs is 3. The van der Waals surface area contributed by atoms with Crippen molar-refractivity contribution >= 4 is 22.7 Å². The Balaban J connectivity index is 1.55. The van der Waals surface area contributed by atoms with E-state index >= 15 is 0 Å². The third kappa shape index (κ3) is 4.05. The van der Waals surface area contributed by atoms with Crippen LogP contribution in [0.2, 0.25) is 0 Å². The summed E-state index contributed by atoms with van der Waals surface area (Å²) in [5.41, 5.74) is 1.99. The standard InChI is InChI=1S/C32H33N3O3/c1-38-29-19-11-9-13-24(29)21-35-30(36)28-20-23-12-8-10-18-27(23)34(28)22-32(35,25-14-4-2-5-15-25)31(37)33-26-16-6-3-7-17-26/h2,4-5,8-15,18-20,26H,3,6-7,16-17,21-22H2,1H3,(H,33,37). The highest BCUT2D eigenvalue weighted by molar-refractivity contribution is 6.04. The Bertz CT molecular complexity index is 1470. The van der Waals surface area contributed by atoms with Crippen molar-refractivity contribution in [2.45, 2.75) is 56.8 Å². The smallest absolute Gasteiger partial charge is 0.272 e.